The van der Waals surface area contributed by atoms with Crippen LogP contribution in [0.5, 0.6) is 0 Å². The first-order valence-electron chi connectivity index (χ1n) is 9.13. The summed E-state index contributed by atoms with van der Waals surface area (Å²) in [5, 5.41) is 0. The van der Waals surface area contributed by atoms with E-state index in [1.54, 1.807) is 0 Å². The van der Waals surface area contributed by atoms with Gasteiger partial charge in [-0.05, 0) is 24.3 Å². The fourth-order valence-electron chi connectivity index (χ4n) is 4.81. The van der Waals surface area contributed by atoms with Crippen LogP contribution in [0.15, 0.2) is 66.7 Å². The largest absolute Gasteiger partial charge is 0.449 e. The predicted octanol–water partition coefficient (Wildman–Crippen LogP) is 4.38. The summed E-state index contributed by atoms with van der Waals surface area (Å²) in [6.45, 7) is 1.47. The Labute approximate surface area is 153 Å². The van der Waals surface area contributed by atoms with Crippen molar-refractivity contribution in [3.8, 4) is 0 Å². The van der Waals surface area contributed by atoms with Crippen LogP contribution in [0.25, 0.3) is 5.57 Å². The average Bonchev–Trinajstić information content (AvgIpc) is 3.20. The maximum absolute atomic E-state index is 12.2. The number of fused-ring (bicyclic) bond motifs is 1. The van der Waals surface area contributed by atoms with E-state index >= 15 is 0 Å². The van der Waals surface area contributed by atoms with Crippen molar-refractivity contribution < 1.29 is 14.3 Å². The maximum atomic E-state index is 12.2. The number of benzene rings is 2. The highest BCUT2D eigenvalue weighted by Gasteiger charge is 2.57. The lowest BCUT2D eigenvalue weighted by molar-refractivity contribution is -0.157. The molecule has 0 unspecified atom stereocenters. The summed E-state index contributed by atoms with van der Waals surface area (Å²) in [7, 11) is 0. The van der Waals surface area contributed by atoms with E-state index in [2.05, 4.69) is 18.2 Å². The lowest BCUT2D eigenvalue weighted by Gasteiger charge is -2.38. The summed E-state index contributed by atoms with van der Waals surface area (Å²) in [6.07, 6.45) is 4.85. The first kappa shape index (κ1) is 16.8. The lowest BCUT2D eigenvalue weighted by atomic mass is 9.75. The van der Waals surface area contributed by atoms with Gasteiger partial charge in [0.2, 0.25) is 0 Å². The van der Waals surface area contributed by atoms with Gasteiger partial charge in [-0.15, -0.1) is 0 Å². The van der Waals surface area contributed by atoms with Crippen LogP contribution in [0.1, 0.15) is 30.9 Å². The fourth-order valence-corrected chi connectivity index (χ4v) is 4.81. The SMILES string of the molecule is CC(=O)O[C@]1(c2ccccc2)C(c2ccccc2)=C[C@H]2C[C@@H](C=O)C[C@H]21. The van der Waals surface area contributed by atoms with Crippen LogP contribution in [0.4, 0.5) is 0 Å². The Morgan fingerprint density at radius 1 is 1.04 bits per heavy atom. The highest BCUT2D eigenvalue weighted by Crippen LogP contribution is 2.60. The van der Waals surface area contributed by atoms with E-state index in [1.807, 2.05) is 48.5 Å². The van der Waals surface area contributed by atoms with Gasteiger partial charge in [0.05, 0.1) is 0 Å². The molecule has 0 spiro atoms. The van der Waals surface area contributed by atoms with Gasteiger partial charge in [0, 0.05) is 29.9 Å². The molecular formula is C23H22O3. The monoisotopic (exact) mass is 346 g/mol. The van der Waals surface area contributed by atoms with Gasteiger partial charge in [-0.1, -0.05) is 66.7 Å². The second-order valence-electron chi connectivity index (χ2n) is 7.28. The first-order valence-corrected chi connectivity index (χ1v) is 9.13. The minimum atomic E-state index is -0.836. The number of carbonyl (C=O) groups excluding carboxylic acids is 2. The summed E-state index contributed by atoms with van der Waals surface area (Å²) in [5.74, 6) is 0.0438. The van der Waals surface area contributed by atoms with Gasteiger partial charge >= 0.3 is 5.97 Å². The number of allylic oxidation sites excluding steroid dienone is 1. The van der Waals surface area contributed by atoms with Gasteiger partial charge in [-0.3, -0.25) is 4.79 Å². The van der Waals surface area contributed by atoms with E-state index in [1.165, 1.54) is 6.92 Å². The molecule has 4 rings (SSSR count). The molecule has 3 heteroatoms. The van der Waals surface area contributed by atoms with Crippen molar-refractivity contribution in [2.45, 2.75) is 25.4 Å². The van der Waals surface area contributed by atoms with Gasteiger partial charge in [0.1, 0.15) is 6.29 Å². The number of aldehydes is 1. The number of ether oxygens (including phenoxy) is 1. The standard InChI is InChI=1S/C23H22O3/c1-16(25)26-23(20-10-6-3-7-11-20)21-13-17(15-24)12-19(21)14-22(23)18-8-4-2-5-9-18/h2-11,14-15,17,19,21H,12-13H2,1H3/t17-,19-,21-,23+/m1/s1. The third kappa shape index (κ3) is 2.59. The van der Waals surface area contributed by atoms with Crippen LogP contribution in [0, 0.1) is 17.8 Å². The van der Waals surface area contributed by atoms with Gasteiger partial charge in [-0.2, -0.15) is 0 Å². The number of esters is 1. The summed E-state index contributed by atoms with van der Waals surface area (Å²) in [5.41, 5.74) is 2.24. The molecule has 2 aromatic rings. The van der Waals surface area contributed by atoms with Crippen molar-refractivity contribution in [2.24, 2.45) is 17.8 Å². The summed E-state index contributed by atoms with van der Waals surface area (Å²) >= 11 is 0. The molecule has 0 aliphatic heterocycles. The number of rotatable bonds is 4. The van der Waals surface area contributed by atoms with Crippen LogP contribution >= 0.6 is 0 Å². The fraction of sp³-hybridized carbons (Fsp3) is 0.304. The molecule has 0 N–H and O–H groups in total. The molecule has 2 aliphatic rings. The van der Waals surface area contributed by atoms with Gasteiger partial charge in [0.15, 0.2) is 5.60 Å². The molecule has 0 aromatic heterocycles. The average molecular weight is 346 g/mol. The van der Waals surface area contributed by atoms with Crippen molar-refractivity contribution in [2.75, 3.05) is 0 Å². The molecule has 3 nitrogen and oxygen atoms in total. The first-order chi connectivity index (χ1) is 12.6. The lowest BCUT2D eigenvalue weighted by Crippen LogP contribution is -2.38. The Hall–Kier alpha value is -2.68. The summed E-state index contributed by atoms with van der Waals surface area (Å²) in [4.78, 5) is 23.6. The normalized spacial score (nSPS) is 29.7. The molecule has 0 saturated heterocycles. The molecule has 1 fully saturated rings. The molecule has 4 atom stereocenters. The summed E-state index contributed by atoms with van der Waals surface area (Å²) in [6, 6.07) is 20.1. The van der Waals surface area contributed by atoms with Crippen LogP contribution in [-0.4, -0.2) is 12.3 Å². The van der Waals surface area contributed by atoms with Crippen LogP contribution in [0.3, 0.4) is 0 Å². The Bertz CT molecular complexity index is 840. The molecule has 0 radical (unpaired) electrons. The van der Waals surface area contributed by atoms with E-state index < -0.39 is 5.60 Å². The third-order valence-corrected chi connectivity index (χ3v) is 5.74. The minimum Gasteiger partial charge on any atom is -0.449 e. The van der Waals surface area contributed by atoms with Crippen molar-refractivity contribution in [1.82, 2.24) is 0 Å². The third-order valence-electron chi connectivity index (χ3n) is 5.74. The van der Waals surface area contributed by atoms with Gasteiger partial charge < -0.3 is 9.53 Å². The van der Waals surface area contributed by atoms with Crippen molar-refractivity contribution in [3.05, 3.63) is 77.9 Å². The van der Waals surface area contributed by atoms with E-state index in [0.29, 0.717) is 0 Å². The molecule has 0 amide bonds. The predicted molar refractivity (Wildman–Crippen MR) is 100 cm³/mol. The molecule has 0 heterocycles. The van der Waals surface area contributed by atoms with Gasteiger partial charge in [-0.25, -0.2) is 0 Å². The second kappa shape index (κ2) is 6.56. The maximum Gasteiger partial charge on any atom is 0.303 e. The molecular weight excluding hydrogens is 324 g/mol. The molecule has 26 heavy (non-hydrogen) atoms. The van der Waals surface area contributed by atoms with E-state index in [-0.39, 0.29) is 23.7 Å². The molecule has 2 aliphatic carbocycles. The van der Waals surface area contributed by atoms with E-state index in [9.17, 15) is 9.59 Å². The van der Waals surface area contributed by atoms with Gasteiger partial charge in [0.25, 0.3) is 0 Å². The summed E-state index contributed by atoms with van der Waals surface area (Å²) < 4.78 is 6.14. The highest BCUT2D eigenvalue weighted by atomic mass is 16.6. The Morgan fingerprint density at radius 3 is 2.31 bits per heavy atom. The quantitative estimate of drug-likeness (QED) is 0.609. The zero-order valence-corrected chi connectivity index (χ0v) is 14.8. The number of hydrogen-bond donors (Lipinski definition) is 0. The van der Waals surface area contributed by atoms with Crippen molar-refractivity contribution in [1.29, 1.82) is 0 Å². The second-order valence-corrected chi connectivity index (χ2v) is 7.28. The van der Waals surface area contributed by atoms with E-state index in [4.69, 9.17) is 4.74 Å². The van der Waals surface area contributed by atoms with Crippen LogP contribution < -0.4 is 0 Å². The molecule has 2 aromatic carbocycles. The number of carbonyl (C=O) groups is 2. The van der Waals surface area contributed by atoms with Crippen LogP contribution in [0.2, 0.25) is 0 Å². The Kier molecular flexibility index (Phi) is 4.23. The Morgan fingerprint density at radius 2 is 1.69 bits per heavy atom. The topological polar surface area (TPSA) is 43.4 Å². The van der Waals surface area contributed by atoms with Crippen molar-refractivity contribution >= 4 is 17.8 Å². The zero-order valence-electron chi connectivity index (χ0n) is 14.8. The molecule has 132 valence electrons. The Balaban J connectivity index is 1.93. The highest BCUT2D eigenvalue weighted by molar-refractivity contribution is 5.81. The number of hydrogen-bond acceptors (Lipinski definition) is 3. The zero-order chi connectivity index (χ0) is 18.1. The van der Waals surface area contributed by atoms with Crippen molar-refractivity contribution in [3.63, 3.8) is 0 Å². The molecule has 0 bridgehead atoms. The minimum absolute atomic E-state index is 0.0252. The van der Waals surface area contributed by atoms with E-state index in [0.717, 1.165) is 35.8 Å². The van der Waals surface area contributed by atoms with Crippen LogP contribution in [-0.2, 0) is 19.9 Å². The smallest absolute Gasteiger partial charge is 0.303 e. The molecule has 1 saturated carbocycles.